The van der Waals surface area contributed by atoms with Gasteiger partial charge in [0.25, 0.3) is 0 Å². The molecule has 0 heterocycles. The molecule has 0 saturated heterocycles. The van der Waals surface area contributed by atoms with Gasteiger partial charge in [-0.1, -0.05) is 170 Å². The third-order valence-electron chi connectivity index (χ3n) is 9.40. The van der Waals surface area contributed by atoms with Crippen LogP contribution in [0.2, 0.25) is 0 Å². The van der Waals surface area contributed by atoms with Crippen molar-refractivity contribution in [3.05, 3.63) is 0 Å². The second-order valence-electron chi connectivity index (χ2n) is 15.6. The normalized spacial score (nSPS) is 13.7. The van der Waals surface area contributed by atoms with Crippen molar-refractivity contribution in [1.82, 2.24) is 0 Å². The minimum atomic E-state index is -4.29. The number of unbranched alkanes of at least 4 members (excludes halogenated alkanes) is 20. The fourth-order valence-electron chi connectivity index (χ4n) is 5.74. The van der Waals surface area contributed by atoms with Crippen LogP contribution in [-0.2, 0) is 56.3 Å². The van der Waals surface area contributed by atoms with Gasteiger partial charge in [0.2, 0.25) is 0 Å². The van der Waals surface area contributed by atoms with Gasteiger partial charge in [-0.2, -0.15) is 0 Å². The summed E-state index contributed by atoms with van der Waals surface area (Å²) in [6, 6.07) is 0. The van der Waals surface area contributed by atoms with E-state index in [0.29, 0.717) is 12.8 Å². The molecule has 3 atom stereocenters. The van der Waals surface area contributed by atoms with Gasteiger partial charge in [-0.3, -0.25) is 32.7 Å². The molecule has 0 aliphatic rings. The lowest BCUT2D eigenvalue weighted by Crippen LogP contribution is -2.32. The smallest absolute Gasteiger partial charge is 0.462 e. The quantitative estimate of drug-likeness (QED) is 0.0251. The second-order valence-corrected chi connectivity index (χ2v) is 17.4. The topological polar surface area (TPSA) is 150 Å². The highest BCUT2D eigenvalue weighted by Gasteiger charge is 2.31. The third kappa shape index (κ3) is 32.0. The van der Waals surface area contributed by atoms with Gasteiger partial charge in [-0.15, -0.1) is 0 Å². The Morgan fingerprint density at radius 3 is 1.20 bits per heavy atom. The van der Waals surface area contributed by atoms with Crippen molar-refractivity contribution in [2.24, 2.45) is 11.8 Å². The van der Waals surface area contributed by atoms with E-state index in [9.17, 15) is 23.7 Å². The van der Waals surface area contributed by atoms with E-state index >= 15 is 0 Å². The summed E-state index contributed by atoms with van der Waals surface area (Å²) < 4.78 is 51.2. The Hall–Kier alpha value is -2.01. The molecule has 0 aromatic carbocycles. The molecule has 0 amide bonds. The molecule has 0 spiro atoms. The number of carbonyl (C=O) groups is 4. The number of hydrogen-bond donors (Lipinski definition) is 0. The Balaban J connectivity index is 5.09. The van der Waals surface area contributed by atoms with Crippen LogP contribution in [0.4, 0.5) is 0 Å². The maximum absolute atomic E-state index is 13.4. The molecule has 0 saturated carbocycles. The van der Waals surface area contributed by atoms with Gasteiger partial charge in [-0.05, 0) is 12.8 Å². The van der Waals surface area contributed by atoms with Crippen molar-refractivity contribution in [2.45, 2.75) is 208 Å². The van der Waals surface area contributed by atoms with Gasteiger partial charge >= 0.3 is 31.7 Å². The van der Waals surface area contributed by atoms with E-state index in [4.69, 9.17) is 32.5 Å². The van der Waals surface area contributed by atoms with E-state index in [1.807, 2.05) is 0 Å². The molecular formula is C43H81O12P. The molecule has 0 bridgehead atoms. The Kier molecular flexibility index (Phi) is 34.8. The van der Waals surface area contributed by atoms with Gasteiger partial charge in [0.15, 0.2) is 12.2 Å². The summed E-state index contributed by atoms with van der Waals surface area (Å²) in [6.45, 7) is 9.55. The van der Waals surface area contributed by atoms with Crippen molar-refractivity contribution in [2.75, 3.05) is 33.5 Å². The average molecular weight is 821 g/mol. The number of carbonyl (C=O) groups excluding carboxylic acids is 4. The molecule has 0 aliphatic heterocycles. The first kappa shape index (κ1) is 54.0. The molecule has 2 unspecified atom stereocenters. The number of phosphoric ester groups is 1. The number of ether oxygens (including phenoxy) is 4. The zero-order valence-corrected chi connectivity index (χ0v) is 37.3. The van der Waals surface area contributed by atoms with Gasteiger partial charge in [-0.25, -0.2) is 4.57 Å². The van der Waals surface area contributed by atoms with Crippen molar-refractivity contribution in [3.8, 4) is 0 Å². The Morgan fingerprint density at radius 2 is 0.804 bits per heavy atom. The van der Waals surface area contributed by atoms with Crippen LogP contribution in [0.3, 0.4) is 0 Å². The van der Waals surface area contributed by atoms with E-state index in [1.54, 1.807) is 27.7 Å². The van der Waals surface area contributed by atoms with Crippen LogP contribution in [0.25, 0.3) is 0 Å². The summed E-state index contributed by atoms with van der Waals surface area (Å²) in [6.07, 6.45) is 23.8. The highest BCUT2D eigenvalue weighted by Crippen LogP contribution is 2.49. The molecule has 0 aromatic rings. The van der Waals surface area contributed by atoms with Crippen LogP contribution in [0.1, 0.15) is 196 Å². The van der Waals surface area contributed by atoms with Crippen molar-refractivity contribution in [3.63, 3.8) is 0 Å². The zero-order chi connectivity index (χ0) is 41.9. The lowest BCUT2D eigenvalue weighted by Gasteiger charge is -2.24. The van der Waals surface area contributed by atoms with Crippen LogP contribution >= 0.6 is 7.82 Å². The molecule has 0 aliphatic carbocycles. The fraction of sp³-hybridized carbons (Fsp3) is 0.907. The largest absolute Gasteiger partial charge is 0.474 e. The monoisotopic (exact) mass is 821 g/mol. The van der Waals surface area contributed by atoms with Gasteiger partial charge < -0.3 is 18.9 Å². The number of hydrogen-bond acceptors (Lipinski definition) is 12. The van der Waals surface area contributed by atoms with E-state index < -0.39 is 69.0 Å². The molecule has 330 valence electrons. The van der Waals surface area contributed by atoms with Gasteiger partial charge in [0.1, 0.15) is 13.2 Å². The first-order chi connectivity index (χ1) is 26.9. The van der Waals surface area contributed by atoms with Crippen LogP contribution < -0.4 is 0 Å². The molecule has 0 fully saturated rings. The zero-order valence-electron chi connectivity index (χ0n) is 36.5. The average Bonchev–Trinajstić information content (AvgIpc) is 3.17. The minimum absolute atomic E-state index is 0.191. The molecule has 0 radical (unpaired) electrons. The van der Waals surface area contributed by atoms with E-state index in [0.717, 1.165) is 45.6 Å². The summed E-state index contributed by atoms with van der Waals surface area (Å²) in [5, 5.41) is 0. The van der Waals surface area contributed by atoms with E-state index in [2.05, 4.69) is 13.8 Å². The third-order valence-corrected chi connectivity index (χ3v) is 10.8. The molecule has 12 nitrogen and oxygen atoms in total. The molecule has 13 heteroatoms. The lowest BCUT2D eigenvalue weighted by atomic mass is 10.1. The summed E-state index contributed by atoms with van der Waals surface area (Å²) in [5.74, 6) is -2.83. The SMILES string of the molecule is CCCCCCCCCCCCCC(=O)OC[C@H](COP(=O)(OC)OCC(COC(=O)C(C)C)OC(=O)C(C)C)OC(=O)CCCCCCCCCCCCC. The summed E-state index contributed by atoms with van der Waals surface area (Å²) in [4.78, 5) is 49.8. The fourth-order valence-corrected chi connectivity index (χ4v) is 6.72. The van der Waals surface area contributed by atoms with Crippen LogP contribution in [0.15, 0.2) is 0 Å². The highest BCUT2D eigenvalue weighted by molar-refractivity contribution is 7.48. The van der Waals surface area contributed by atoms with Crippen LogP contribution in [-0.4, -0.2) is 69.6 Å². The molecule has 56 heavy (non-hydrogen) atoms. The minimum Gasteiger partial charge on any atom is -0.462 e. The second kappa shape index (κ2) is 36.1. The summed E-state index contributed by atoms with van der Waals surface area (Å²) in [7, 11) is -3.16. The number of rotatable bonds is 39. The maximum Gasteiger partial charge on any atom is 0.474 e. The predicted molar refractivity (Wildman–Crippen MR) is 220 cm³/mol. The molecule has 0 aromatic heterocycles. The van der Waals surface area contributed by atoms with Crippen LogP contribution in [0, 0.1) is 11.8 Å². The standard InChI is InChI=1S/C43H81O12P/c1-8-10-12-14-16-18-20-22-24-26-28-30-40(44)50-32-38(54-41(45)31-29-27-25-23-21-19-17-15-13-11-9-2)34-52-56(48,49-7)53-35-39(55-43(47)37(5)6)33-51-42(46)36(3)4/h36-39H,8-35H2,1-7H3/t38-,39?,56?/m1/s1. The first-order valence-electron chi connectivity index (χ1n) is 22.0. The molecule has 0 rings (SSSR count). The number of esters is 4. The lowest BCUT2D eigenvalue weighted by molar-refractivity contribution is -0.165. The molecule has 0 N–H and O–H groups in total. The highest BCUT2D eigenvalue weighted by atomic mass is 31.2. The van der Waals surface area contributed by atoms with E-state index in [1.165, 1.54) is 89.9 Å². The summed E-state index contributed by atoms with van der Waals surface area (Å²) >= 11 is 0. The first-order valence-corrected chi connectivity index (χ1v) is 23.5. The predicted octanol–water partition coefficient (Wildman–Crippen LogP) is 11.4. The Morgan fingerprint density at radius 1 is 0.446 bits per heavy atom. The Labute approximate surface area is 340 Å². The van der Waals surface area contributed by atoms with Gasteiger partial charge in [0.05, 0.1) is 25.0 Å². The molecular weight excluding hydrogens is 739 g/mol. The van der Waals surface area contributed by atoms with Crippen molar-refractivity contribution >= 4 is 31.7 Å². The Bertz CT molecular complexity index is 1050. The maximum atomic E-state index is 13.4. The summed E-state index contributed by atoms with van der Waals surface area (Å²) in [5.41, 5.74) is 0. The number of phosphoric acid groups is 1. The van der Waals surface area contributed by atoms with Gasteiger partial charge in [0, 0.05) is 20.0 Å². The van der Waals surface area contributed by atoms with Crippen molar-refractivity contribution < 1.29 is 56.3 Å². The van der Waals surface area contributed by atoms with Crippen LogP contribution in [0.5, 0.6) is 0 Å². The van der Waals surface area contributed by atoms with Crippen molar-refractivity contribution in [1.29, 1.82) is 0 Å². The van der Waals surface area contributed by atoms with E-state index in [-0.39, 0.29) is 26.1 Å².